The van der Waals surface area contributed by atoms with Crippen LogP contribution >= 0.6 is 22.9 Å². The van der Waals surface area contributed by atoms with Gasteiger partial charge in [0.15, 0.2) is 0 Å². The smallest absolute Gasteiger partial charge is 0.248 e. The number of hydrogen-bond donors (Lipinski definition) is 1. The maximum Gasteiger partial charge on any atom is 0.248 e. The quantitative estimate of drug-likeness (QED) is 0.799. The van der Waals surface area contributed by atoms with Crippen molar-refractivity contribution in [3.05, 3.63) is 45.4 Å². The third kappa shape index (κ3) is 4.36. The molecule has 2 heterocycles. The fourth-order valence-electron chi connectivity index (χ4n) is 2.78. The molecule has 1 amide bonds. The zero-order valence-electron chi connectivity index (χ0n) is 13.6. The summed E-state index contributed by atoms with van der Waals surface area (Å²) in [6, 6.07) is 5.69. The van der Waals surface area contributed by atoms with E-state index in [9.17, 15) is 4.79 Å². The van der Waals surface area contributed by atoms with Crippen molar-refractivity contribution >= 4 is 46.3 Å². The lowest BCUT2D eigenvalue weighted by atomic mass is 10.1. The van der Waals surface area contributed by atoms with Crippen molar-refractivity contribution < 1.29 is 4.79 Å². The molecular formula is C18H20ClN3OS. The van der Waals surface area contributed by atoms with Crippen LogP contribution in [0.5, 0.6) is 0 Å². The van der Waals surface area contributed by atoms with Crippen molar-refractivity contribution in [3.63, 3.8) is 0 Å². The number of halogens is 1. The van der Waals surface area contributed by atoms with Crippen LogP contribution in [0.1, 0.15) is 30.0 Å². The highest BCUT2D eigenvalue weighted by atomic mass is 35.5. The molecule has 126 valence electrons. The first-order chi connectivity index (χ1) is 11.6. The van der Waals surface area contributed by atoms with Crippen LogP contribution in [0.2, 0.25) is 5.02 Å². The molecule has 0 aliphatic carbocycles. The van der Waals surface area contributed by atoms with Crippen LogP contribution < -0.4 is 10.2 Å². The largest absolute Gasteiger partial charge is 0.370 e. The topological polar surface area (TPSA) is 45.2 Å². The molecular weight excluding hydrogens is 342 g/mol. The van der Waals surface area contributed by atoms with Gasteiger partial charge in [-0.25, -0.2) is 4.98 Å². The Morgan fingerprint density at radius 3 is 2.79 bits per heavy atom. The Kier molecular flexibility index (Phi) is 5.53. The Labute approximate surface area is 151 Å². The van der Waals surface area contributed by atoms with Gasteiger partial charge in [-0.05, 0) is 50.5 Å². The average molecular weight is 362 g/mol. The van der Waals surface area contributed by atoms with Gasteiger partial charge < -0.3 is 10.2 Å². The second-order valence-electron chi connectivity index (χ2n) is 5.83. The molecule has 0 unspecified atom stereocenters. The van der Waals surface area contributed by atoms with E-state index in [0.29, 0.717) is 10.7 Å². The molecule has 0 atom stereocenters. The van der Waals surface area contributed by atoms with Gasteiger partial charge >= 0.3 is 0 Å². The molecule has 3 rings (SSSR count). The van der Waals surface area contributed by atoms with Crippen molar-refractivity contribution in [2.75, 3.05) is 23.3 Å². The molecule has 1 aliphatic rings. The first-order valence-corrected chi connectivity index (χ1v) is 9.33. The van der Waals surface area contributed by atoms with Gasteiger partial charge in [0.1, 0.15) is 0 Å². The molecule has 2 aromatic rings. The third-order valence-corrected chi connectivity index (χ3v) is 5.05. The summed E-state index contributed by atoms with van der Waals surface area (Å²) in [5, 5.41) is 6.41. The summed E-state index contributed by atoms with van der Waals surface area (Å²) in [5.74, 6) is -0.192. The summed E-state index contributed by atoms with van der Waals surface area (Å²) < 4.78 is 0. The highest BCUT2D eigenvalue weighted by Crippen LogP contribution is 2.30. The summed E-state index contributed by atoms with van der Waals surface area (Å²) in [6.45, 7) is 4.02. The summed E-state index contributed by atoms with van der Waals surface area (Å²) in [7, 11) is 0. The fourth-order valence-corrected chi connectivity index (χ4v) is 3.66. The zero-order chi connectivity index (χ0) is 16.9. The van der Waals surface area contributed by atoms with E-state index in [4.69, 9.17) is 11.6 Å². The lowest BCUT2D eigenvalue weighted by Gasteiger charge is -2.29. The highest BCUT2D eigenvalue weighted by Gasteiger charge is 2.14. The standard InChI is InChI=1S/C18H20ClN3OS/c1-13-20-15(12-24-13)6-8-18(23)21-14-5-7-17(16(19)11-14)22-9-3-2-4-10-22/h5-8,11-12H,2-4,9-10H2,1H3,(H,21,23)/b8-6+. The fraction of sp³-hybridized carbons (Fsp3) is 0.333. The number of thiazole rings is 1. The minimum Gasteiger partial charge on any atom is -0.370 e. The number of aromatic nitrogens is 1. The second kappa shape index (κ2) is 7.81. The Bertz CT molecular complexity index is 750. The van der Waals surface area contributed by atoms with E-state index < -0.39 is 0 Å². The van der Waals surface area contributed by atoms with Crippen LogP contribution in [0.3, 0.4) is 0 Å². The molecule has 1 aliphatic heterocycles. The summed E-state index contributed by atoms with van der Waals surface area (Å²) in [4.78, 5) is 18.6. The van der Waals surface area contributed by atoms with Crippen LogP contribution in [-0.4, -0.2) is 24.0 Å². The molecule has 1 fully saturated rings. The lowest BCUT2D eigenvalue weighted by Crippen LogP contribution is -2.29. The highest BCUT2D eigenvalue weighted by molar-refractivity contribution is 7.09. The SMILES string of the molecule is Cc1nc(/C=C/C(=O)Nc2ccc(N3CCCCC3)c(Cl)c2)cs1. The molecule has 24 heavy (non-hydrogen) atoms. The predicted octanol–water partition coefficient (Wildman–Crippen LogP) is 4.75. The van der Waals surface area contributed by atoms with E-state index in [0.717, 1.165) is 29.5 Å². The maximum absolute atomic E-state index is 12.0. The van der Waals surface area contributed by atoms with Crippen LogP contribution in [-0.2, 0) is 4.79 Å². The van der Waals surface area contributed by atoms with Gasteiger partial charge in [0.05, 0.1) is 21.4 Å². The van der Waals surface area contributed by atoms with Gasteiger partial charge in [-0.1, -0.05) is 11.6 Å². The monoisotopic (exact) mass is 361 g/mol. The van der Waals surface area contributed by atoms with E-state index in [1.54, 1.807) is 17.4 Å². The Balaban J connectivity index is 1.63. The summed E-state index contributed by atoms with van der Waals surface area (Å²) >= 11 is 7.96. The van der Waals surface area contributed by atoms with Crippen molar-refractivity contribution in [3.8, 4) is 0 Å². The first-order valence-electron chi connectivity index (χ1n) is 8.07. The number of carbonyl (C=O) groups excluding carboxylic acids is 1. The van der Waals surface area contributed by atoms with Crippen molar-refractivity contribution in [1.82, 2.24) is 4.98 Å². The first kappa shape index (κ1) is 17.0. The molecule has 4 nitrogen and oxygen atoms in total. The number of rotatable bonds is 4. The molecule has 1 aromatic carbocycles. The van der Waals surface area contributed by atoms with E-state index in [2.05, 4.69) is 15.2 Å². The number of hydrogen-bond acceptors (Lipinski definition) is 4. The lowest BCUT2D eigenvalue weighted by molar-refractivity contribution is -0.111. The molecule has 0 spiro atoms. The van der Waals surface area contributed by atoms with Gasteiger partial charge in [0.25, 0.3) is 0 Å². The summed E-state index contributed by atoms with van der Waals surface area (Å²) in [5.41, 5.74) is 2.54. The minimum absolute atomic E-state index is 0.192. The van der Waals surface area contributed by atoms with Crippen LogP contribution in [0, 0.1) is 6.92 Å². The number of carbonyl (C=O) groups is 1. The zero-order valence-corrected chi connectivity index (χ0v) is 15.2. The van der Waals surface area contributed by atoms with Gasteiger partial charge in [0.2, 0.25) is 5.91 Å². The molecule has 0 radical (unpaired) electrons. The third-order valence-electron chi connectivity index (χ3n) is 3.95. The number of amides is 1. The Hall–Kier alpha value is -1.85. The van der Waals surface area contributed by atoms with E-state index in [1.807, 2.05) is 30.5 Å². The van der Waals surface area contributed by atoms with E-state index >= 15 is 0 Å². The van der Waals surface area contributed by atoms with Gasteiger partial charge in [-0.3, -0.25) is 4.79 Å². The normalized spacial score (nSPS) is 15.0. The second-order valence-corrected chi connectivity index (χ2v) is 7.30. The molecule has 1 N–H and O–H groups in total. The molecule has 1 saturated heterocycles. The Morgan fingerprint density at radius 1 is 1.33 bits per heavy atom. The maximum atomic E-state index is 12.0. The molecule has 0 bridgehead atoms. The molecule has 6 heteroatoms. The predicted molar refractivity (Wildman–Crippen MR) is 102 cm³/mol. The van der Waals surface area contributed by atoms with Gasteiger partial charge in [-0.15, -0.1) is 11.3 Å². The number of benzene rings is 1. The number of piperidine rings is 1. The van der Waals surface area contributed by atoms with Crippen LogP contribution in [0.25, 0.3) is 6.08 Å². The number of nitrogens with one attached hydrogen (secondary N) is 1. The van der Waals surface area contributed by atoms with Crippen molar-refractivity contribution in [2.24, 2.45) is 0 Å². The number of anilines is 2. The van der Waals surface area contributed by atoms with Crippen molar-refractivity contribution in [2.45, 2.75) is 26.2 Å². The van der Waals surface area contributed by atoms with E-state index in [-0.39, 0.29) is 5.91 Å². The summed E-state index contributed by atoms with van der Waals surface area (Å²) in [6.07, 6.45) is 6.89. The van der Waals surface area contributed by atoms with Gasteiger partial charge in [0, 0.05) is 30.2 Å². The average Bonchev–Trinajstić information content (AvgIpc) is 2.99. The molecule has 1 aromatic heterocycles. The molecule has 0 saturated carbocycles. The van der Waals surface area contributed by atoms with Crippen LogP contribution in [0.15, 0.2) is 29.7 Å². The number of nitrogens with zero attached hydrogens (tertiary/aromatic N) is 2. The van der Waals surface area contributed by atoms with E-state index in [1.165, 1.54) is 25.3 Å². The van der Waals surface area contributed by atoms with Crippen molar-refractivity contribution in [1.29, 1.82) is 0 Å². The number of aryl methyl sites for hydroxylation is 1. The van der Waals surface area contributed by atoms with Gasteiger partial charge in [-0.2, -0.15) is 0 Å². The minimum atomic E-state index is -0.192. The van der Waals surface area contributed by atoms with Crippen LogP contribution in [0.4, 0.5) is 11.4 Å². The Morgan fingerprint density at radius 2 is 2.12 bits per heavy atom.